The fraction of sp³-hybridized carbons (Fsp3) is 0.100. The topological polar surface area (TPSA) is 8.17 Å². The second-order valence-corrected chi connectivity index (χ2v) is 18.1. The lowest BCUT2D eigenvalue weighted by molar-refractivity contribution is 0.660. The summed E-state index contributed by atoms with van der Waals surface area (Å²) in [6, 6.07) is 76.4. The zero-order chi connectivity index (χ0) is 41.7. The van der Waals surface area contributed by atoms with Crippen molar-refractivity contribution in [3.05, 3.63) is 229 Å². The number of hydrogen-bond acceptors (Lipinski definition) is 1. The Bertz CT molecular complexity index is 3380. The van der Waals surface area contributed by atoms with Gasteiger partial charge in [0.15, 0.2) is 0 Å². The van der Waals surface area contributed by atoms with Crippen LogP contribution in [0.2, 0.25) is 0 Å². The van der Waals surface area contributed by atoms with Crippen molar-refractivity contribution in [2.45, 2.75) is 38.5 Å². The molecule has 0 aliphatic heterocycles. The summed E-state index contributed by atoms with van der Waals surface area (Å²) in [5.41, 5.74) is 22.6. The average molecular weight is 795 g/mol. The minimum absolute atomic E-state index is 0.0462. The highest BCUT2D eigenvalue weighted by atomic mass is 15.1. The van der Waals surface area contributed by atoms with Gasteiger partial charge in [-0.25, -0.2) is 0 Å². The molecule has 2 nitrogen and oxygen atoms in total. The van der Waals surface area contributed by atoms with E-state index in [0.717, 1.165) is 11.4 Å². The summed E-state index contributed by atoms with van der Waals surface area (Å²) in [6.45, 7) is 9.44. The zero-order valence-corrected chi connectivity index (χ0v) is 35.5. The summed E-state index contributed by atoms with van der Waals surface area (Å²) in [5.74, 6) is 0. The molecule has 296 valence electrons. The van der Waals surface area contributed by atoms with Crippen molar-refractivity contribution < 1.29 is 0 Å². The Morgan fingerprint density at radius 3 is 1.55 bits per heavy atom. The van der Waals surface area contributed by atoms with Gasteiger partial charge < -0.3 is 9.47 Å². The second-order valence-electron chi connectivity index (χ2n) is 18.1. The molecule has 10 aromatic rings. The summed E-state index contributed by atoms with van der Waals surface area (Å²) in [6.07, 6.45) is 0. The van der Waals surface area contributed by atoms with E-state index in [9.17, 15) is 0 Å². The summed E-state index contributed by atoms with van der Waals surface area (Å²) in [4.78, 5) is 2.47. The Hall–Kier alpha value is -7.42. The third-order valence-corrected chi connectivity index (χ3v) is 14.0. The number of hydrogen-bond donors (Lipinski definition) is 0. The third-order valence-electron chi connectivity index (χ3n) is 14.0. The highest BCUT2D eigenvalue weighted by Gasteiger charge is 2.38. The molecule has 0 atom stereocenters. The Morgan fingerprint density at radius 1 is 0.355 bits per heavy atom. The number of fused-ring (bicyclic) bond motifs is 9. The van der Waals surface area contributed by atoms with Gasteiger partial charge in [-0.05, 0) is 122 Å². The molecule has 0 bridgehead atoms. The van der Waals surface area contributed by atoms with Gasteiger partial charge in [0.2, 0.25) is 0 Å². The van der Waals surface area contributed by atoms with Crippen LogP contribution in [-0.4, -0.2) is 4.57 Å². The SMILES string of the molecule is CC1(C)c2ccccc2-c2c(-c3ccc(N(c4ccc(-c5ccc6c(c5)c5ccccc5n6-c5ccccc5)cc4)c4cccc5c4-c4ccccc4C5(C)C)cc3)cccc21. The lowest BCUT2D eigenvalue weighted by atomic mass is 9.82. The molecule has 2 aliphatic carbocycles. The van der Waals surface area contributed by atoms with E-state index < -0.39 is 0 Å². The molecule has 2 aliphatic rings. The molecule has 1 heterocycles. The van der Waals surface area contributed by atoms with Crippen LogP contribution in [0.3, 0.4) is 0 Å². The summed E-state index contributed by atoms with van der Waals surface area (Å²) in [7, 11) is 0. The lowest BCUT2D eigenvalue weighted by Gasteiger charge is -2.29. The smallest absolute Gasteiger partial charge is 0.0543 e. The van der Waals surface area contributed by atoms with Gasteiger partial charge in [-0.3, -0.25) is 0 Å². The fourth-order valence-electron chi connectivity index (χ4n) is 10.9. The van der Waals surface area contributed by atoms with Crippen LogP contribution in [0.1, 0.15) is 49.9 Å². The van der Waals surface area contributed by atoms with Crippen molar-refractivity contribution in [3.63, 3.8) is 0 Å². The molecular weight excluding hydrogens is 749 g/mol. The average Bonchev–Trinajstić information content (AvgIpc) is 3.87. The molecule has 12 rings (SSSR count). The molecule has 0 amide bonds. The van der Waals surface area contributed by atoms with Gasteiger partial charge in [-0.15, -0.1) is 0 Å². The van der Waals surface area contributed by atoms with E-state index >= 15 is 0 Å². The maximum absolute atomic E-state index is 2.47. The standard InChI is InChI=1S/C60H46N2/c1-59(2)50-22-11-8-19-47(50)57-45(21-14-24-52(57)59)40-30-35-44(36-31-40)61(56-27-15-25-53-58(56)48-20-9-12-23-51(48)60(53,3)4)43-33-28-39(29-34-43)41-32-37-55-49(38-41)46-18-10-13-26-54(46)62(55)42-16-6-5-7-17-42/h5-38H,1-4H3. The van der Waals surface area contributed by atoms with E-state index in [4.69, 9.17) is 0 Å². The van der Waals surface area contributed by atoms with Crippen LogP contribution in [-0.2, 0) is 10.8 Å². The monoisotopic (exact) mass is 794 g/mol. The van der Waals surface area contributed by atoms with E-state index in [1.54, 1.807) is 0 Å². The first-order valence-electron chi connectivity index (χ1n) is 21.9. The Labute approximate surface area is 364 Å². The van der Waals surface area contributed by atoms with Crippen LogP contribution in [0.4, 0.5) is 17.1 Å². The van der Waals surface area contributed by atoms with Gasteiger partial charge in [0, 0.05) is 44.2 Å². The van der Waals surface area contributed by atoms with Gasteiger partial charge in [0.25, 0.3) is 0 Å². The third kappa shape index (κ3) is 5.29. The molecule has 0 unspecified atom stereocenters. The van der Waals surface area contributed by atoms with Gasteiger partial charge in [0.05, 0.1) is 16.7 Å². The molecule has 0 saturated heterocycles. The molecule has 0 radical (unpaired) electrons. The summed E-state index contributed by atoms with van der Waals surface area (Å²) in [5, 5.41) is 2.51. The van der Waals surface area contributed by atoms with E-state index in [1.165, 1.54) is 99.9 Å². The first kappa shape index (κ1) is 36.4. The molecule has 0 N–H and O–H groups in total. The number of aromatic nitrogens is 1. The maximum Gasteiger partial charge on any atom is 0.0543 e. The molecule has 0 saturated carbocycles. The highest BCUT2D eigenvalue weighted by molar-refractivity contribution is 6.10. The normalized spacial score (nSPS) is 14.1. The molecule has 62 heavy (non-hydrogen) atoms. The van der Waals surface area contributed by atoms with Crippen LogP contribution in [0, 0.1) is 0 Å². The van der Waals surface area contributed by atoms with Crippen LogP contribution in [0.25, 0.3) is 72.0 Å². The molecular formula is C60H46N2. The van der Waals surface area contributed by atoms with Crippen molar-refractivity contribution >= 4 is 38.9 Å². The largest absolute Gasteiger partial charge is 0.310 e. The van der Waals surface area contributed by atoms with E-state index in [-0.39, 0.29) is 10.8 Å². The lowest BCUT2D eigenvalue weighted by Crippen LogP contribution is -2.16. The van der Waals surface area contributed by atoms with Crippen molar-refractivity contribution in [1.29, 1.82) is 0 Å². The Balaban J connectivity index is 0.988. The predicted molar refractivity (Wildman–Crippen MR) is 261 cm³/mol. The van der Waals surface area contributed by atoms with Gasteiger partial charge in [-0.1, -0.05) is 173 Å². The van der Waals surface area contributed by atoms with Crippen LogP contribution in [0.5, 0.6) is 0 Å². The van der Waals surface area contributed by atoms with E-state index in [2.05, 4.69) is 243 Å². The van der Waals surface area contributed by atoms with Gasteiger partial charge in [0.1, 0.15) is 0 Å². The van der Waals surface area contributed by atoms with Crippen LogP contribution >= 0.6 is 0 Å². The quantitative estimate of drug-likeness (QED) is 0.163. The highest BCUT2D eigenvalue weighted by Crippen LogP contribution is 2.55. The number of para-hydroxylation sites is 2. The Morgan fingerprint density at radius 2 is 0.855 bits per heavy atom. The van der Waals surface area contributed by atoms with Gasteiger partial charge in [-0.2, -0.15) is 0 Å². The number of rotatable bonds is 6. The minimum atomic E-state index is -0.110. The number of benzene rings is 9. The molecule has 1 aromatic heterocycles. The fourth-order valence-corrected chi connectivity index (χ4v) is 10.9. The van der Waals surface area contributed by atoms with E-state index in [0.29, 0.717) is 0 Å². The molecule has 9 aromatic carbocycles. The van der Waals surface area contributed by atoms with Crippen molar-refractivity contribution in [2.24, 2.45) is 0 Å². The first-order chi connectivity index (χ1) is 30.3. The maximum atomic E-state index is 2.47. The zero-order valence-electron chi connectivity index (χ0n) is 35.5. The first-order valence-corrected chi connectivity index (χ1v) is 21.9. The van der Waals surface area contributed by atoms with Crippen molar-refractivity contribution in [3.8, 4) is 50.2 Å². The second kappa shape index (κ2) is 13.5. The van der Waals surface area contributed by atoms with Crippen LogP contribution in [0.15, 0.2) is 206 Å². The van der Waals surface area contributed by atoms with Crippen molar-refractivity contribution in [2.75, 3.05) is 4.90 Å². The Kier molecular flexibility index (Phi) is 7.96. The molecule has 0 spiro atoms. The predicted octanol–water partition coefficient (Wildman–Crippen LogP) is 16.2. The van der Waals surface area contributed by atoms with Gasteiger partial charge >= 0.3 is 0 Å². The molecule has 0 fully saturated rings. The minimum Gasteiger partial charge on any atom is -0.310 e. The van der Waals surface area contributed by atoms with Crippen molar-refractivity contribution in [1.82, 2.24) is 4.57 Å². The summed E-state index contributed by atoms with van der Waals surface area (Å²) >= 11 is 0. The number of anilines is 3. The van der Waals surface area contributed by atoms with E-state index in [1.807, 2.05) is 0 Å². The van der Waals surface area contributed by atoms with Crippen LogP contribution < -0.4 is 4.90 Å². The number of nitrogens with zero attached hydrogens (tertiary/aromatic N) is 2. The molecule has 2 heteroatoms. The summed E-state index contributed by atoms with van der Waals surface area (Å²) < 4.78 is 2.38.